The molecule has 0 saturated carbocycles. The lowest BCUT2D eigenvalue weighted by Crippen LogP contribution is -2.45. The molecule has 0 fully saturated rings. The summed E-state index contributed by atoms with van der Waals surface area (Å²) in [6.07, 6.45) is 7.12. The Morgan fingerprint density at radius 2 is 1.26 bits per heavy atom. The summed E-state index contributed by atoms with van der Waals surface area (Å²) in [6.45, 7) is 2.20. The number of halogens is 3. The molecule has 0 heterocycles. The standard InChI is InChI=1S/C14H29F3N2/c1-2-3-4-5-6-7-8-9-10-11-12-13(19-18)14(15,16)17/h13,19H,2-12,18H2,1H3. The molecule has 0 aromatic heterocycles. The van der Waals surface area contributed by atoms with Gasteiger partial charge in [0.25, 0.3) is 0 Å². The molecule has 3 N–H and O–H groups in total. The Labute approximate surface area is 115 Å². The van der Waals surface area contributed by atoms with Crippen molar-refractivity contribution in [2.45, 2.75) is 89.8 Å². The third-order valence-corrected chi connectivity index (χ3v) is 3.44. The fourth-order valence-electron chi connectivity index (χ4n) is 2.18. The molecule has 0 amide bonds. The summed E-state index contributed by atoms with van der Waals surface area (Å²) in [5.74, 6) is 4.91. The number of unbranched alkanes of at least 4 members (excludes halogenated alkanes) is 9. The van der Waals surface area contributed by atoms with E-state index in [1.54, 1.807) is 0 Å². The van der Waals surface area contributed by atoms with E-state index in [-0.39, 0.29) is 6.42 Å². The largest absolute Gasteiger partial charge is 0.405 e. The van der Waals surface area contributed by atoms with Crippen LogP contribution < -0.4 is 11.3 Å². The van der Waals surface area contributed by atoms with Crippen LogP contribution in [0.3, 0.4) is 0 Å². The van der Waals surface area contributed by atoms with Crippen molar-refractivity contribution in [1.29, 1.82) is 0 Å². The first-order valence-corrected chi connectivity index (χ1v) is 7.55. The summed E-state index contributed by atoms with van der Waals surface area (Å²) in [7, 11) is 0. The topological polar surface area (TPSA) is 38.0 Å². The lowest BCUT2D eigenvalue weighted by Gasteiger charge is -2.18. The van der Waals surface area contributed by atoms with Crippen LogP contribution in [0.15, 0.2) is 0 Å². The van der Waals surface area contributed by atoms with Gasteiger partial charge in [0, 0.05) is 0 Å². The maximum absolute atomic E-state index is 12.4. The Balaban J connectivity index is 3.31. The summed E-state index contributed by atoms with van der Waals surface area (Å²) >= 11 is 0. The zero-order chi connectivity index (χ0) is 14.6. The molecule has 2 nitrogen and oxygen atoms in total. The molecule has 5 heteroatoms. The molecule has 0 aromatic carbocycles. The minimum absolute atomic E-state index is 0.0799. The van der Waals surface area contributed by atoms with Crippen LogP contribution in [0.2, 0.25) is 0 Å². The number of hydrazine groups is 1. The Bertz CT molecular complexity index is 196. The van der Waals surface area contributed by atoms with Gasteiger partial charge >= 0.3 is 6.18 Å². The molecule has 116 valence electrons. The normalized spacial score (nSPS) is 13.7. The SMILES string of the molecule is CCCCCCCCCCCCC(NN)C(F)(F)F. The van der Waals surface area contributed by atoms with E-state index in [4.69, 9.17) is 5.84 Å². The van der Waals surface area contributed by atoms with E-state index in [9.17, 15) is 13.2 Å². The van der Waals surface area contributed by atoms with Crippen molar-refractivity contribution in [2.24, 2.45) is 5.84 Å². The zero-order valence-electron chi connectivity index (χ0n) is 12.1. The van der Waals surface area contributed by atoms with E-state index in [0.717, 1.165) is 19.3 Å². The van der Waals surface area contributed by atoms with Gasteiger partial charge in [-0.25, -0.2) is 5.43 Å². The van der Waals surface area contributed by atoms with Gasteiger partial charge in [0.15, 0.2) is 0 Å². The highest BCUT2D eigenvalue weighted by Crippen LogP contribution is 2.23. The number of hydrogen-bond donors (Lipinski definition) is 2. The van der Waals surface area contributed by atoms with Gasteiger partial charge in [-0.3, -0.25) is 5.84 Å². The third kappa shape index (κ3) is 11.3. The molecule has 1 unspecified atom stereocenters. The molecule has 0 aliphatic heterocycles. The van der Waals surface area contributed by atoms with Crippen LogP contribution in [-0.4, -0.2) is 12.2 Å². The smallest absolute Gasteiger partial charge is 0.271 e. The van der Waals surface area contributed by atoms with Gasteiger partial charge in [-0.05, 0) is 6.42 Å². The predicted molar refractivity (Wildman–Crippen MR) is 73.6 cm³/mol. The number of nitrogens with one attached hydrogen (secondary N) is 1. The van der Waals surface area contributed by atoms with Crippen LogP contribution in [0.25, 0.3) is 0 Å². The lowest BCUT2D eigenvalue weighted by molar-refractivity contribution is -0.157. The first kappa shape index (κ1) is 18.7. The summed E-state index contributed by atoms with van der Waals surface area (Å²) in [5, 5.41) is 0. The maximum atomic E-state index is 12.4. The molecule has 0 aliphatic carbocycles. The highest BCUT2D eigenvalue weighted by molar-refractivity contribution is 4.72. The average Bonchev–Trinajstić information content (AvgIpc) is 2.34. The minimum atomic E-state index is -4.23. The van der Waals surface area contributed by atoms with E-state index >= 15 is 0 Å². The van der Waals surface area contributed by atoms with Gasteiger partial charge in [-0.1, -0.05) is 71.1 Å². The van der Waals surface area contributed by atoms with Crippen LogP contribution in [0.4, 0.5) is 13.2 Å². The Hall–Kier alpha value is -0.290. The van der Waals surface area contributed by atoms with Crippen molar-refractivity contribution in [3.05, 3.63) is 0 Å². The van der Waals surface area contributed by atoms with Crippen molar-refractivity contribution in [1.82, 2.24) is 5.43 Å². The Morgan fingerprint density at radius 3 is 1.63 bits per heavy atom. The highest BCUT2D eigenvalue weighted by Gasteiger charge is 2.38. The Morgan fingerprint density at radius 1 is 0.842 bits per heavy atom. The average molecular weight is 282 g/mol. The first-order valence-electron chi connectivity index (χ1n) is 7.55. The summed E-state index contributed by atoms with van der Waals surface area (Å²) in [4.78, 5) is 0. The molecule has 0 bridgehead atoms. The van der Waals surface area contributed by atoms with E-state index in [0.29, 0.717) is 6.42 Å². The molecule has 0 spiro atoms. The molecule has 0 aliphatic rings. The number of alkyl halides is 3. The molecular formula is C14H29F3N2. The monoisotopic (exact) mass is 282 g/mol. The van der Waals surface area contributed by atoms with Crippen LogP contribution in [0, 0.1) is 0 Å². The van der Waals surface area contributed by atoms with Crippen molar-refractivity contribution >= 4 is 0 Å². The number of nitrogens with two attached hydrogens (primary N) is 1. The first-order chi connectivity index (χ1) is 9.02. The second kappa shape index (κ2) is 11.5. The van der Waals surface area contributed by atoms with Crippen LogP contribution in [-0.2, 0) is 0 Å². The van der Waals surface area contributed by atoms with Crippen LogP contribution in [0.5, 0.6) is 0 Å². The molecule has 0 aromatic rings. The van der Waals surface area contributed by atoms with Crippen molar-refractivity contribution < 1.29 is 13.2 Å². The summed E-state index contributed by atoms with van der Waals surface area (Å²) in [6, 6.07) is -1.55. The Kier molecular flexibility index (Phi) is 11.4. The molecule has 0 radical (unpaired) electrons. The van der Waals surface area contributed by atoms with Gasteiger partial charge in [0.05, 0.1) is 0 Å². The van der Waals surface area contributed by atoms with Crippen molar-refractivity contribution in [3.63, 3.8) is 0 Å². The number of rotatable bonds is 12. The molecular weight excluding hydrogens is 253 g/mol. The third-order valence-electron chi connectivity index (χ3n) is 3.44. The van der Waals surface area contributed by atoms with Crippen molar-refractivity contribution in [3.8, 4) is 0 Å². The van der Waals surface area contributed by atoms with Gasteiger partial charge in [0.1, 0.15) is 6.04 Å². The zero-order valence-corrected chi connectivity index (χ0v) is 12.1. The quantitative estimate of drug-likeness (QED) is 0.309. The van der Waals surface area contributed by atoms with Crippen LogP contribution >= 0.6 is 0 Å². The second-order valence-corrected chi connectivity index (χ2v) is 5.23. The minimum Gasteiger partial charge on any atom is -0.271 e. The van der Waals surface area contributed by atoms with Gasteiger partial charge in [-0.2, -0.15) is 13.2 Å². The van der Waals surface area contributed by atoms with E-state index < -0.39 is 12.2 Å². The maximum Gasteiger partial charge on any atom is 0.405 e. The van der Waals surface area contributed by atoms with Gasteiger partial charge in [0.2, 0.25) is 0 Å². The highest BCUT2D eigenvalue weighted by atomic mass is 19.4. The van der Waals surface area contributed by atoms with E-state index in [1.165, 1.54) is 38.5 Å². The van der Waals surface area contributed by atoms with E-state index in [2.05, 4.69) is 6.92 Å². The second-order valence-electron chi connectivity index (χ2n) is 5.23. The molecule has 1 atom stereocenters. The molecule has 0 saturated heterocycles. The van der Waals surface area contributed by atoms with Gasteiger partial charge < -0.3 is 0 Å². The summed E-state index contributed by atoms with van der Waals surface area (Å²) in [5.41, 5.74) is 1.85. The van der Waals surface area contributed by atoms with Crippen molar-refractivity contribution in [2.75, 3.05) is 0 Å². The van der Waals surface area contributed by atoms with Crippen LogP contribution in [0.1, 0.15) is 77.6 Å². The molecule has 0 rings (SSSR count). The predicted octanol–water partition coefficient (Wildman–Crippen LogP) is 4.69. The number of hydrogen-bond acceptors (Lipinski definition) is 2. The molecule has 19 heavy (non-hydrogen) atoms. The van der Waals surface area contributed by atoms with E-state index in [1.807, 2.05) is 5.43 Å². The summed E-state index contributed by atoms with van der Waals surface area (Å²) < 4.78 is 37.1. The lowest BCUT2D eigenvalue weighted by atomic mass is 10.0. The fraction of sp³-hybridized carbons (Fsp3) is 1.00. The van der Waals surface area contributed by atoms with Gasteiger partial charge in [-0.15, -0.1) is 0 Å². The fourth-order valence-corrected chi connectivity index (χ4v) is 2.18.